The van der Waals surface area contributed by atoms with Crippen LogP contribution in [-0.4, -0.2) is 37.1 Å². The summed E-state index contributed by atoms with van der Waals surface area (Å²) in [7, 11) is -3.13. The second-order valence-electron chi connectivity index (χ2n) is 5.17. The number of hydrogen-bond acceptors (Lipinski definition) is 3. The molecule has 0 saturated carbocycles. The van der Waals surface area contributed by atoms with Crippen molar-refractivity contribution in [2.45, 2.75) is 6.42 Å². The molecule has 3 rings (SSSR count). The van der Waals surface area contributed by atoms with Gasteiger partial charge in [0.25, 0.3) is 0 Å². The number of nitriles is 1. The van der Waals surface area contributed by atoms with Crippen LogP contribution in [-0.2, 0) is 10.0 Å². The van der Waals surface area contributed by atoms with E-state index >= 15 is 0 Å². The van der Waals surface area contributed by atoms with Gasteiger partial charge in [0.2, 0.25) is 10.0 Å². The normalized spacial score (nSPS) is 16.7. The van der Waals surface area contributed by atoms with E-state index in [1.807, 2.05) is 24.4 Å². The second-order valence-corrected chi connectivity index (χ2v) is 7.16. The quantitative estimate of drug-likeness (QED) is 0.922. The fraction of sp³-hybridized carbons (Fsp3) is 0.267. The Morgan fingerprint density at radius 2 is 2.19 bits per heavy atom. The molecule has 0 aliphatic carbocycles. The van der Waals surface area contributed by atoms with Gasteiger partial charge in [0.1, 0.15) is 0 Å². The van der Waals surface area contributed by atoms with Crippen LogP contribution in [0.4, 0.5) is 0 Å². The molecule has 0 radical (unpaired) electrons. The summed E-state index contributed by atoms with van der Waals surface area (Å²) in [6, 6.07) is 7.68. The number of hydrogen-bond donors (Lipinski definition) is 1. The van der Waals surface area contributed by atoms with Crippen LogP contribution in [0.3, 0.4) is 0 Å². The molecule has 1 aliphatic rings. The molecule has 2 heterocycles. The number of aromatic nitrogens is 1. The van der Waals surface area contributed by atoms with E-state index in [0.717, 1.165) is 22.0 Å². The summed E-state index contributed by atoms with van der Waals surface area (Å²) in [4.78, 5) is 3.20. The third-order valence-electron chi connectivity index (χ3n) is 3.80. The Kier molecular flexibility index (Phi) is 3.32. The lowest BCUT2D eigenvalue weighted by molar-refractivity contribution is 0.446. The Balaban J connectivity index is 1.99. The second kappa shape index (κ2) is 5.02. The van der Waals surface area contributed by atoms with Crippen LogP contribution in [0.25, 0.3) is 16.5 Å². The van der Waals surface area contributed by atoms with Gasteiger partial charge in [-0.15, -0.1) is 0 Å². The molecular formula is C15H15N3O2S. The maximum absolute atomic E-state index is 11.5. The average Bonchev–Trinajstić information content (AvgIpc) is 2.89. The van der Waals surface area contributed by atoms with Gasteiger partial charge in [-0.05, 0) is 30.2 Å². The van der Waals surface area contributed by atoms with Crippen LogP contribution >= 0.6 is 0 Å². The first-order chi connectivity index (χ1) is 9.99. The van der Waals surface area contributed by atoms with Crippen LogP contribution in [0.5, 0.6) is 0 Å². The van der Waals surface area contributed by atoms with E-state index in [1.165, 1.54) is 10.6 Å². The van der Waals surface area contributed by atoms with Gasteiger partial charge in [-0.3, -0.25) is 0 Å². The fourth-order valence-electron chi connectivity index (χ4n) is 2.65. The van der Waals surface area contributed by atoms with Crippen molar-refractivity contribution in [1.29, 1.82) is 5.26 Å². The van der Waals surface area contributed by atoms with E-state index in [0.29, 0.717) is 25.1 Å². The zero-order valence-electron chi connectivity index (χ0n) is 11.6. The first-order valence-electron chi connectivity index (χ1n) is 6.65. The maximum Gasteiger partial charge on any atom is 0.211 e. The fourth-order valence-corrected chi connectivity index (χ4v) is 3.42. The number of benzene rings is 1. The van der Waals surface area contributed by atoms with Gasteiger partial charge >= 0.3 is 0 Å². The molecule has 5 nitrogen and oxygen atoms in total. The number of H-pyrrole nitrogens is 1. The molecule has 1 aromatic carbocycles. The van der Waals surface area contributed by atoms with Gasteiger partial charge in [0.05, 0.1) is 17.9 Å². The summed E-state index contributed by atoms with van der Waals surface area (Å²) < 4.78 is 24.5. The lowest BCUT2D eigenvalue weighted by Gasteiger charge is -2.24. The van der Waals surface area contributed by atoms with Crippen molar-refractivity contribution in [1.82, 2.24) is 9.29 Å². The van der Waals surface area contributed by atoms with E-state index < -0.39 is 10.0 Å². The highest BCUT2D eigenvalue weighted by molar-refractivity contribution is 7.88. The van der Waals surface area contributed by atoms with Crippen molar-refractivity contribution < 1.29 is 8.42 Å². The predicted molar refractivity (Wildman–Crippen MR) is 82.0 cm³/mol. The van der Waals surface area contributed by atoms with Crippen LogP contribution in [0.15, 0.2) is 30.5 Å². The molecule has 0 spiro atoms. The van der Waals surface area contributed by atoms with E-state index in [9.17, 15) is 8.42 Å². The number of aromatic amines is 1. The van der Waals surface area contributed by atoms with E-state index in [-0.39, 0.29) is 0 Å². The van der Waals surface area contributed by atoms with Gasteiger partial charge in [0, 0.05) is 35.8 Å². The lowest BCUT2D eigenvalue weighted by Crippen LogP contribution is -2.33. The SMILES string of the molecule is CS(=O)(=O)N1CC=C(c2c[nH]c3ccc(C#N)cc23)CC1. The summed E-state index contributed by atoms with van der Waals surface area (Å²) in [5.74, 6) is 0. The topological polar surface area (TPSA) is 77.0 Å². The average molecular weight is 301 g/mol. The molecule has 2 aromatic rings. The molecular weight excluding hydrogens is 286 g/mol. The Morgan fingerprint density at radius 3 is 2.81 bits per heavy atom. The highest BCUT2D eigenvalue weighted by Crippen LogP contribution is 2.30. The largest absolute Gasteiger partial charge is 0.361 e. The molecule has 1 N–H and O–H groups in total. The predicted octanol–water partition coefficient (Wildman–Crippen LogP) is 2.09. The Labute approximate surface area is 123 Å². The van der Waals surface area contributed by atoms with Gasteiger partial charge in [0.15, 0.2) is 0 Å². The van der Waals surface area contributed by atoms with Crippen LogP contribution in [0.2, 0.25) is 0 Å². The molecule has 0 unspecified atom stereocenters. The van der Waals surface area contributed by atoms with Crippen molar-refractivity contribution in [2.75, 3.05) is 19.3 Å². The Morgan fingerprint density at radius 1 is 1.38 bits per heavy atom. The summed E-state index contributed by atoms with van der Waals surface area (Å²) in [5.41, 5.74) is 3.78. The van der Waals surface area contributed by atoms with E-state index in [2.05, 4.69) is 11.1 Å². The molecule has 0 bridgehead atoms. The van der Waals surface area contributed by atoms with Crippen LogP contribution in [0.1, 0.15) is 17.5 Å². The highest BCUT2D eigenvalue weighted by atomic mass is 32.2. The maximum atomic E-state index is 11.5. The standard InChI is InChI=1S/C15H15N3O2S/c1-21(19,20)18-6-4-12(5-7-18)14-10-17-15-3-2-11(9-16)8-13(14)15/h2-4,8,10,17H,5-7H2,1H3. The molecule has 6 heteroatoms. The molecule has 1 aromatic heterocycles. The molecule has 0 amide bonds. The van der Waals surface area contributed by atoms with Gasteiger partial charge in [-0.25, -0.2) is 8.42 Å². The van der Waals surface area contributed by atoms with E-state index in [1.54, 1.807) is 6.07 Å². The minimum atomic E-state index is -3.13. The smallest absolute Gasteiger partial charge is 0.211 e. The van der Waals surface area contributed by atoms with Crippen LogP contribution in [0, 0.1) is 11.3 Å². The Hall–Kier alpha value is -2.10. The van der Waals surface area contributed by atoms with Gasteiger partial charge < -0.3 is 4.98 Å². The number of fused-ring (bicyclic) bond motifs is 1. The molecule has 1 aliphatic heterocycles. The third-order valence-corrected chi connectivity index (χ3v) is 5.07. The molecule has 0 saturated heterocycles. The van der Waals surface area contributed by atoms with Crippen molar-refractivity contribution >= 4 is 26.5 Å². The van der Waals surface area contributed by atoms with Crippen molar-refractivity contribution in [3.8, 4) is 6.07 Å². The molecule has 21 heavy (non-hydrogen) atoms. The Bertz CT molecular complexity index is 872. The van der Waals surface area contributed by atoms with E-state index in [4.69, 9.17) is 5.26 Å². The highest BCUT2D eigenvalue weighted by Gasteiger charge is 2.21. The third kappa shape index (κ3) is 2.58. The number of nitrogens with zero attached hydrogens (tertiary/aromatic N) is 2. The molecule has 0 atom stereocenters. The summed E-state index contributed by atoms with van der Waals surface area (Å²) in [6.07, 6.45) is 5.79. The first-order valence-corrected chi connectivity index (χ1v) is 8.49. The van der Waals surface area contributed by atoms with Crippen molar-refractivity contribution in [3.63, 3.8) is 0 Å². The van der Waals surface area contributed by atoms with Gasteiger partial charge in [-0.1, -0.05) is 6.08 Å². The van der Waals surface area contributed by atoms with Crippen LogP contribution < -0.4 is 0 Å². The van der Waals surface area contributed by atoms with Crippen molar-refractivity contribution in [3.05, 3.63) is 41.6 Å². The van der Waals surface area contributed by atoms with Crippen molar-refractivity contribution in [2.24, 2.45) is 0 Å². The minimum absolute atomic E-state index is 0.402. The lowest BCUT2D eigenvalue weighted by atomic mass is 9.99. The zero-order chi connectivity index (χ0) is 15.0. The molecule has 0 fully saturated rings. The minimum Gasteiger partial charge on any atom is -0.361 e. The number of nitrogens with one attached hydrogen (secondary N) is 1. The summed E-state index contributed by atoms with van der Waals surface area (Å²) in [5, 5.41) is 10.0. The summed E-state index contributed by atoms with van der Waals surface area (Å²) in [6.45, 7) is 0.897. The molecule has 108 valence electrons. The monoisotopic (exact) mass is 301 g/mol. The summed E-state index contributed by atoms with van der Waals surface area (Å²) >= 11 is 0. The van der Waals surface area contributed by atoms with Gasteiger partial charge in [-0.2, -0.15) is 9.57 Å². The number of rotatable bonds is 2. The zero-order valence-corrected chi connectivity index (χ0v) is 12.4. The first kappa shape index (κ1) is 13.9. The number of sulfonamides is 1.